The maximum absolute atomic E-state index is 12.8. The van der Waals surface area contributed by atoms with E-state index in [1.807, 2.05) is 24.3 Å². The normalized spacial score (nSPS) is 15.8. The number of rotatable bonds is 3. The van der Waals surface area contributed by atoms with Crippen molar-refractivity contribution in [1.82, 2.24) is 10.3 Å². The second-order valence-corrected chi connectivity index (χ2v) is 6.80. The van der Waals surface area contributed by atoms with Gasteiger partial charge in [-0.2, -0.15) is 0 Å². The van der Waals surface area contributed by atoms with Crippen molar-refractivity contribution < 1.29 is 18.8 Å². The summed E-state index contributed by atoms with van der Waals surface area (Å²) in [7, 11) is 0. The van der Waals surface area contributed by atoms with Gasteiger partial charge in [-0.1, -0.05) is 28.1 Å². The van der Waals surface area contributed by atoms with E-state index in [2.05, 4.69) is 26.2 Å². The summed E-state index contributed by atoms with van der Waals surface area (Å²) < 4.78 is 6.64. The minimum absolute atomic E-state index is 0.210. The Morgan fingerprint density at radius 2 is 1.93 bits per heavy atom. The zero-order chi connectivity index (χ0) is 19.7. The number of aromatic nitrogens is 1. The number of benzene rings is 1. The molecule has 1 fully saturated rings. The van der Waals surface area contributed by atoms with Gasteiger partial charge in [-0.15, -0.1) is 0 Å². The highest BCUT2D eigenvalue weighted by Crippen LogP contribution is 2.27. The Bertz CT molecular complexity index is 1120. The van der Waals surface area contributed by atoms with E-state index in [-0.39, 0.29) is 11.3 Å². The first-order chi connectivity index (χ1) is 13.5. The predicted octanol–water partition coefficient (Wildman–Crippen LogP) is 3.77. The molecule has 0 unspecified atom stereocenters. The van der Waals surface area contributed by atoms with Crippen LogP contribution in [0.5, 0.6) is 0 Å². The van der Waals surface area contributed by atoms with E-state index >= 15 is 0 Å². The largest absolute Gasteiger partial charge is 0.457 e. The van der Waals surface area contributed by atoms with Crippen LogP contribution < -0.4 is 10.2 Å². The molecule has 0 bridgehead atoms. The van der Waals surface area contributed by atoms with Crippen molar-refractivity contribution in [2.24, 2.45) is 0 Å². The van der Waals surface area contributed by atoms with E-state index in [1.165, 1.54) is 18.5 Å². The SMILES string of the molecule is O=C1NC(=O)N(c2cccnc2)C(=O)/C1=C/c1ccc(-c2cccc(Br)c2)o1. The Morgan fingerprint density at radius 3 is 2.68 bits per heavy atom. The van der Waals surface area contributed by atoms with Gasteiger partial charge in [0.1, 0.15) is 17.1 Å². The van der Waals surface area contributed by atoms with Crippen LogP contribution in [-0.4, -0.2) is 22.8 Å². The Labute approximate surface area is 167 Å². The Kier molecular flexibility index (Phi) is 4.62. The van der Waals surface area contributed by atoms with Crippen molar-refractivity contribution in [3.63, 3.8) is 0 Å². The molecule has 138 valence electrons. The lowest BCUT2D eigenvalue weighted by molar-refractivity contribution is -0.122. The van der Waals surface area contributed by atoms with Crippen molar-refractivity contribution in [3.05, 3.63) is 76.7 Å². The molecule has 0 atom stereocenters. The van der Waals surface area contributed by atoms with E-state index in [9.17, 15) is 14.4 Å². The lowest BCUT2D eigenvalue weighted by Crippen LogP contribution is -2.54. The molecular formula is C20H12BrN3O4. The summed E-state index contributed by atoms with van der Waals surface area (Å²) >= 11 is 3.40. The van der Waals surface area contributed by atoms with Crippen LogP contribution in [0, 0.1) is 0 Å². The molecule has 1 saturated heterocycles. The van der Waals surface area contributed by atoms with Crippen molar-refractivity contribution in [1.29, 1.82) is 0 Å². The van der Waals surface area contributed by atoms with E-state index in [1.54, 1.807) is 24.3 Å². The molecule has 1 aliphatic heterocycles. The maximum Gasteiger partial charge on any atom is 0.336 e. The molecule has 3 heterocycles. The number of pyridine rings is 1. The van der Waals surface area contributed by atoms with E-state index in [0.29, 0.717) is 11.5 Å². The Hall–Kier alpha value is -3.52. The summed E-state index contributed by atoms with van der Waals surface area (Å²) in [4.78, 5) is 41.9. The molecular weight excluding hydrogens is 426 g/mol. The quantitative estimate of drug-likeness (QED) is 0.497. The highest BCUT2D eigenvalue weighted by molar-refractivity contribution is 9.10. The van der Waals surface area contributed by atoms with Crippen LogP contribution in [0.2, 0.25) is 0 Å². The molecule has 1 N–H and O–H groups in total. The van der Waals surface area contributed by atoms with Crippen LogP contribution >= 0.6 is 15.9 Å². The number of anilines is 1. The van der Waals surface area contributed by atoms with Crippen LogP contribution in [0.3, 0.4) is 0 Å². The van der Waals surface area contributed by atoms with Gasteiger partial charge >= 0.3 is 6.03 Å². The number of urea groups is 1. The summed E-state index contributed by atoms with van der Waals surface area (Å²) in [5, 5.41) is 2.16. The number of halogens is 1. The highest BCUT2D eigenvalue weighted by atomic mass is 79.9. The van der Waals surface area contributed by atoms with Crippen molar-refractivity contribution in [3.8, 4) is 11.3 Å². The zero-order valence-electron chi connectivity index (χ0n) is 14.3. The van der Waals surface area contributed by atoms with Gasteiger partial charge in [0.05, 0.1) is 11.9 Å². The first-order valence-corrected chi connectivity index (χ1v) is 8.99. The highest BCUT2D eigenvalue weighted by Gasteiger charge is 2.37. The van der Waals surface area contributed by atoms with Gasteiger partial charge in [0.15, 0.2) is 0 Å². The molecule has 4 rings (SSSR count). The summed E-state index contributed by atoms with van der Waals surface area (Å²) in [6.45, 7) is 0. The number of hydrogen-bond donors (Lipinski definition) is 1. The van der Waals surface area contributed by atoms with E-state index in [0.717, 1.165) is 14.9 Å². The molecule has 0 spiro atoms. The topological polar surface area (TPSA) is 92.5 Å². The summed E-state index contributed by atoms with van der Waals surface area (Å²) in [5.74, 6) is -0.635. The van der Waals surface area contributed by atoms with Gasteiger partial charge in [0.2, 0.25) is 0 Å². The fourth-order valence-corrected chi connectivity index (χ4v) is 3.15. The van der Waals surface area contributed by atoms with Crippen LogP contribution in [0.4, 0.5) is 10.5 Å². The van der Waals surface area contributed by atoms with Crippen molar-refractivity contribution in [2.45, 2.75) is 0 Å². The molecule has 8 heteroatoms. The van der Waals surface area contributed by atoms with Crippen LogP contribution in [0.15, 0.2) is 75.4 Å². The maximum atomic E-state index is 12.8. The molecule has 1 aliphatic rings. The van der Waals surface area contributed by atoms with Crippen molar-refractivity contribution >= 4 is 45.5 Å². The second-order valence-electron chi connectivity index (χ2n) is 5.88. The number of carbonyl (C=O) groups is 3. The predicted molar refractivity (Wildman–Crippen MR) is 105 cm³/mol. The molecule has 0 saturated carbocycles. The second kappa shape index (κ2) is 7.24. The van der Waals surface area contributed by atoms with Crippen molar-refractivity contribution in [2.75, 3.05) is 4.90 Å². The fourth-order valence-electron chi connectivity index (χ4n) is 2.75. The van der Waals surface area contributed by atoms with Gasteiger partial charge in [0.25, 0.3) is 11.8 Å². The van der Waals surface area contributed by atoms with Gasteiger partial charge in [-0.3, -0.25) is 19.9 Å². The number of furan rings is 1. The molecule has 1 aromatic carbocycles. The third-order valence-electron chi connectivity index (χ3n) is 4.03. The first kappa shape index (κ1) is 17.9. The summed E-state index contributed by atoms with van der Waals surface area (Å²) in [6.07, 6.45) is 4.20. The monoisotopic (exact) mass is 437 g/mol. The van der Waals surface area contributed by atoms with Gasteiger partial charge < -0.3 is 4.42 Å². The number of imide groups is 2. The standard InChI is InChI=1S/C20H12BrN3O4/c21-13-4-1-3-12(9-13)17-7-6-15(28-17)10-16-18(25)23-20(27)24(19(16)26)14-5-2-8-22-11-14/h1-11H,(H,23,25,27)/b16-10+. The minimum Gasteiger partial charge on any atom is -0.457 e. The number of amides is 4. The molecule has 0 aliphatic carbocycles. The molecule has 3 aromatic rings. The lowest BCUT2D eigenvalue weighted by atomic mass is 10.1. The minimum atomic E-state index is -0.825. The van der Waals surface area contributed by atoms with Crippen LogP contribution in [0.25, 0.3) is 17.4 Å². The average Bonchev–Trinajstić information content (AvgIpc) is 3.15. The van der Waals surface area contributed by atoms with Crippen LogP contribution in [-0.2, 0) is 9.59 Å². The molecule has 7 nitrogen and oxygen atoms in total. The number of barbiturate groups is 1. The van der Waals surface area contributed by atoms with E-state index < -0.39 is 17.8 Å². The summed E-state index contributed by atoms with van der Waals surface area (Å²) in [5.41, 5.74) is 0.891. The molecule has 2 aromatic heterocycles. The Balaban J connectivity index is 1.68. The van der Waals surface area contributed by atoms with Gasteiger partial charge in [-0.05, 0) is 42.5 Å². The smallest absolute Gasteiger partial charge is 0.336 e. The third-order valence-corrected chi connectivity index (χ3v) is 4.52. The number of nitrogens with zero attached hydrogens (tertiary/aromatic N) is 2. The fraction of sp³-hybridized carbons (Fsp3) is 0. The molecule has 4 amide bonds. The van der Waals surface area contributed by atoms with Gasteiger partial charge in [-0.25, -0.2) is 9.69 Å². The first-order valence-electron chi connectivity index (χ1n) is 8.20. The number of nitrogens with one attached hydrogen (secondary N) is 1. The number of hydrogen-bond acceptors (Lipinski definition) is 5. The molecule has 0 radical (unpaired) electrons. The molecule has 28 heavy (non-hydrogen) atoms. The van der Waals surface area contributed by atoms with Crippen LogP contribution in [0.1, 0.15) is 5.76 Å². The number of carbonyl (C=O) groups excluding carboxylic acids is 3. The Morgan fingerprint density at radius 1 is 1.07 bits per heavy atom. The zero-order valence-corrected chi connectivity index (χ0v) is 15.8. The average molecular weight is 438 g/mol. The third kappa shape index (κ3) is 3.37. The van der Waals surface area contributed by atoms with Gasteiger partial charge in [0, 0.05) is 16.2 Å². The summed E-state index contributed by atoms with van der Waals surface area (Å²) in [6, 6.07) is 13.2. The lowest BCUT2D eigenvalue weighted by Gasteiger charge is -2.25. The van der Waals surface area contributed by atoms with E-state index in [4.69, 9.17) is 4.42 Å².